The van der Waals surface area contributed by atoms with E-state index in [0.29, 0.717) is 0 Å². The molecule has 66 valence electrons. The van der Waals surface area contributed by atoms with Gasteiger partial charge in [-0.2, -0.15) is 1.37 Å². The van der Waals surface area contributed by atoms with Crippen molar-refractivity contribution in [2.45, 2.75) is 5.75 Å². The predicted molar refractivity (Wildman–Crippen MR) is 60.6 cm³/mol. The number of fused-ring (bicyclic) bond motifs is 1. The van der Waals surface area contributed by atoms with Crippen molar-refractivity contribution in [3.05, 3.63) is 54.3 Å². The van der Waals surface area contributed by atoms with Crippen molar-refractivity contribution in [3.63, 3.8) is 0 Å². The summed E-state index contributed by atoms with van der Waals surface area (Å²) in [7, 11) is 0. The fourth-order valence-electron chi connectivity index (χ4n) is 1.51. The molecular formula is C12H11LiS. The predicted octanol–water partition coefficient (Wildman–Crippen LogP) is 0.869. The van der Waals surface area contributed by atoms with Gasteiger partial charge < -0.3 is 11.8 Å². The maximum atomic E-state index is 7.00. The summed E-state index contributed by atoms with van der Waals surface area (Å²) in [6.45, 7) is 0. The Hall–Kier alpha value is -0.353. The number of hydrogen-bond acceptors (Lipinski definition) is 1. The van der Waals surface area contributed by atoms with E-state index in [1.807, 2.05) is 0 Å². The summed E-state index contributed by atoms with van der Waals surface area (Å²) in [5.41, 5.74) is 1.30. The SMILES string of the molecule is [2H][CH-]SCc1cccc2ccccc12.[Li+]. The van der Waals surface area contributed by atoms with E-state index < -0.39 is 0 Å². The van der Waals surface area contributed by atoms with Crippen LogP contribution in [-0.2, 0) is 5.75 Å². The van der Waals surface area contributed by atoms with Crippen molar-refractivity contribution in [2.24, 2.45) is 0 Å². The summed E-state index contributed by atoms with van der Waals surface area (Å²) in [6, 6.07) is 14.7. The molecule has 0 fully saturated rings. The topological polar surface area (TPSA) is 0 Å². The van der Waals surface area contributed by atoms with Gasteiger partial charge in [0.15, 0.2) is 0 Å². The monoisotopic (exact) mass is 195 g/mol. The van der Waals surface area contributed by atoms with E-state index >= 15 is 0 Å². The average molecular weight is 195 g/mol. The van der Waals surface area contributed by atoms with Crippen LogP contribution >= 0.6 is 11.8 Å². The second-order valence-electron chi connectivity index (χ2n) is 2.95. The Labute approximate surface area is 103 Å². The average Bonchev–Trinajstić information content (AvgIpc) is 2.26. The van der Waals surface area contributed by atoms with Gasteiger partial charge in [0.1, 0.15) is 0 Å². The van der Waals surface area contributed by atoms with Crippen molar-refractivity contribution < 1.29 is 20.2 Å². The second-order valence-corrected chi connectivity index (χ2v) is 3.57. The third kappa shape index (κ3) is 2.36. The normalized spacial score (nSPS) is 10.7. The van der Waals surface area contributed by atoms with Gasteiger partial charge in [-0.05, 0) is 22.1 Å². The van der Waals surface area contributed by atoms with Crippen LogP contribution in [0.5, 0.6) is 0 Å². The standard InChI is InChI=1S/C12H11S.Li/c1-13-9-11-7-4-6-10-5-2-3-8-12(10)11;/h2-8H,1,9H2;/q-1;+1/i1D;. The summed E-state index contributed by atoms with van der Waals surface area (Å²) >= 11 is 1.52. The van der Waals surface area contributed by atoms with Crippen molar-refractivity contribution in [3.8, 4) is 0 Å². The van der Waals surface area contributed by atoms with Crippen molar-refractivity contribution in [2.75, 3.05) is 0 Å². The minimum Gasteiger partial charge on any atom is -0.350 e. The molecule has 0 aliphatic carbocycles. The molecule has 0 saturated heterocycles. The third-order valence-corrected chi connectivity index (χ3v) is 2.60. The molecule has 2 rings (SSSR count). The van der Waals surface area contributed by atoms with Gasteiger partial charge in [0.25, 0.3) is 0 Å². The molecule has 0 amide bonds. The Morgan fingerprint density at radius 1 is 1.14 bits per heavy atom. The molecule has 2 heteroatoms. The summed E-state index contributed by atoms with van der Waals surface area (Å²) in [4.78, 5) is 0. The number of rotatable bonds is 3. The van der Waals surface area contributed by atoms with E-state index in [9.17, 15) is 0 Å². The van der Waals surface area contributed by atoms with Gasteiger partial charge in [-0.3, -0.25) is 6.23 Å². The number of hydrogen-bond donors (Lipinski definition) is 0. The molecule has 0 radical (unpaired) electrons. The zero-order valence-corrected chi connectivity index (χ0v) is 9.05. The summed E-state index contributed by atoms with van der Waals surface area (Å²) in [5, 5.41) is 2.57. The molecular weight excluding hydrogens is 183 g/mol. The molecule has 14 heavy (non-hydrogen) atoms. The Morgan fingerprint density at radius 3 is 2.79 bits per heavy atom. The molecule has 0 heterocycles. The first kappa shape index (κ1) is 10.2. The Morgan fingerprint density at radius 2 is 1.93 bits per heavy atom. The molecule has 0 saturated carbocycles. The number of benzene rings is 2. The van der Waals surface area contributed by atoms with E-state index in [-0.39, 0.29) is 18.9 Å². The molecule has 0 N–H and O–H groups in total. The summed E-state index contributed by atoms with van der Waals surface area (Å²) < 4.78 is 7.00. The third-order valence-electron chi connectivity index (χ3n) is 2.12. The molecule has 0 atom stereocenters. The summed E-state index contributed by atoms with van der Waals surface area (Å²) in [6.07, 6.45) is 1.39. The molecule has 0 aliphatic rings. The minimum absolute atomic E-state index is 0. The van der Waals surface area contributed by atoms with Gasteiger partial charge >= 0.3 is 18.9 Å². The molecule has 0 spiro atoms. The smallest absolute Gasteiger partial charge is 0.350 e. The minimum atomic E-state index is 0. The van der Waals surface area contributed by atoms with Crippen LogP contribution in [0.4, 0.5) is 0 Å². The van der Waals surface area contributed by atoms with Crippen LogP contribution in [-0.4, -0.2) is 0 Å². The van der Waals surface area contributed by atoms with Crippen molar-refractivity contribution in [1.29, 1.82) is 0 Å². The van der Waals surface area contributed by atoms with Crippen LogP contribution < -0.4 is 18.9 Å². The molecule has 0 aliphatic heterocycles. The fourth-order valence-corrected chi connectivity index (χ4v) is 1.94. The van der Waals surface area contributed by atoms with Crippen LogP contribution in [0.25, 0.3) is 10.8 Å². The van der Waals surface area contributed by atoms with Crippen molar-refractivity contribution in [1.82, 2.24) is 0 Å². The Bertz CT molecular complexity index is 425. The van der Waals surface area contributed by atoms with E-state index in [1.54, 1.807) is 0 Å². The molecule has 0 unspecified atom stereocenters. The van der Waals surface area contributed by atoms with Crippen LogP contribution in [0.15, 0.2) is 42.5 Å². The Kier molecular flexibility index (Phi) is 4.00. The van der Waals surface area contributed by atoms with E-state index in [4.69, 9.17) is 1.37 Å². The van der Waals surface area contributed by atoms with Crippen molar-refractivity contribution >= 4 is 22.5 Å². The van der Waals surface area contributed by atoms with Crippen LogP contribution in [0.1, 0.15) is 6.93 Å². The summed E-state index contributed by atoms with van der Waals surface area (Å²) in [5.74, 6) is 0.880. The molecule has 0 bridgehead atoms. The largest absolute Gasteiger partial charge is 1.00 e. The van der Waals surface area contributed by atoms with E-state index in [2.05, 4.69) is 42.5 Å². The first-order valence-electron chi connectivity index (χ1n) is 4.78. The van der Waals surface area contributed by atoms with Gasteiger partial charge in [-0.15, -0.1) is 0 Å². The van der Waals surface area contributed by atoms with Crippen LogP contribution in [0.2, 0.25) is 0 Å². The molecule has 0 aromatic heterocycles. The quantitative estimate of drug-likeness (QED) is 0.517. The maximum Gasteiger partial charge on any atom is 1.00 e. The molecule has 0 nitrogen and oxygen atoms in total. The van der Waals surface area contributed by atoms with Gasteiger partial charge in [0, 0.05) is 0 Å². The Balaban J connectivity index is 0.00000112. The zero-order chi connectivity index (χ0) is 9.80. The molecule has 2 aromatic rings. The second kappa shape index (κ2) is 5.51. The van der Waals surface area contributed by atoms with Gasteiger partial charge in [0.2, 0.25) is 0 Å². The molecule has 2 aromatic carbocycles. The van der Waals surface area contributed by atoms with Gasteiger partial charge in [-0.1, -0.05) is 42.5 Å². The van der Waals surface area contributed by atoms with E-state index in [0.717, 1.165) is 5.75 Å². The van der Waals surface area contributed by atoms with Crippen LogP contribution in [0.3, 0.4) is 0 Å². The number of thioether (sulfide) groups is 1. The zero-order valence-electron chi connectivity index (χ0n) is 9.23. The van der Waals surface area contributed by atoms with Gasteiger partial charge in [0.05, 0.1) is 0 Å². The maximum absolute atomic E-state index is 7.00. The van der Waals surface area contributed by atoms with Gasteiger partial charge in [-0.25, -0.2) is 0 Å². The fraction of sp³-hybridized carbons (Fsp3) is 0.0833. The van der Waals surface area contributed by atoms with Crippen LogP contribution in [0, 0.1) is 6.23 Å². The first-order valence-corrected chi connectivity index (χ1v) is 5.25. The first-order chi connectivity index (χ1) is 6.92. The van der Waals surface area contributed by atoms with E-state index in [1.165, 1.54) is 34.3 Å².